The third-order valence-electron chi connectivity index (χ3n) is 2.19. The zero-order valence-electron chi connectivity index (χ0n) is 7.53. The van der Waals surface area contributed by atoms with E-state index in [4.69, 9.17) is 9.84 Å². The molecule has 0 bridgehead atoms. The van der Waals surface area contributed by atoms with Crippen LogP contribution in [0.1, 0.15) is 21.3 Å². The molecule has 1 saturated heterocycles. The van der Waals surface area contributed by atoms with E-state index in [9.17, 15) is 4.79 Å². The predicted octanol–water partition coefficient (Wildman–Crippen LogP) is 1.11. The highest BCUT2D eigenvalue weighted by atomic mass is 32.1. The Hall–Kier alpha value is -0.910. The average Bonchev–Trinajstić information content (AvgIpc) is 2.67. The van der Waals surface area contributed by atoms with Crippen LogP contribution in [0.5, 0.6) is 0 Å². The number of nitrogens with one attached hydrogen (secondary N) is 1. The van der Waals surface area contributed by atoms with Crippen molar-refractivity contribution in [2.45, 2.75) is 6.04 Å². The van der Waals surface area contributed by atoms with Crippen LogP contribution in [-0.4, -0.2) is 30.8 Å². The van der Waals surface area contributed by atoms with E-state index < -0.39 is 5.97 Å². The minimum absolute atomic E-state index is 0.0288. The van der Waals surface area contributed by atoms with E-state index in [1.165, 1.54) is 11.3 Å². The number of ether oxygens (including phenoxy) is 1. The van der Waals surface area contributed by atoms with E-state index in [1.807, 2.05) is 6.07 Å². The lowest BCUT2D eigenvalue weighted by atomic mass is 10.1. The van der Waals surface area contributed by atoms with Gasteiger partial charge in [-0.3, -0.25) is 0 Å². The Labute approximate surface area is 85.5 Å². The van der Waals surface area contributed by atoms with Crippen LogP contribution in [0.15, 0.2) is 11.4 Å². The van der Waals surface area contributed by atoms with Crippen LogP contribution < -0.4 is 5.32 Å². The van der Waals surface area contributed by atoms with Gasteiger partial charge in [0, 0.05) is 6.54 Å². The zero-order chi connectivity index (χ0) is 9.97. The second-order valence-electron chi connectivity index (χ2n) is 3.09. The van der Waals surface area contributed by atoms with E-state index in [0.717, 1.165) is 12.1 Å². The van der Waals surface area contributed by atoms with Crippen LogP contribution in [0.25, 0.3) is 0 Å². The Morgan fingerprint density at radius 1 is 1.71 bits per heavy atom. The van der Waals surface area contributed by atoms with Gasteiger partial charge in [-0.05, 0) is 17.0 Å². The van der Waals surface area contributed by atoms with E-state index in [1.54, 1.807) is 5.38 Å². The third kappa shape index (κ3) is 1.79. The molecule has 76 valence electrons. The summed E-state index contributed by atoms with van der Waals surface area (Å²) in [6.45, 7) is 2.03. The van der Waals surface area contributed by atoms with Crippen molar-refractivity contribution in [2.24, 2.45) is 0 Å². The molecule has 1 aliphatic heterocycles. The van der Waals surface area contributed by atoms with Gasteiger partial charge in [0.15, 0.2) is 0 Å². The summed E-state index contributed by atoms with van der Waals surface area (Å²) in [5, 5.41) is 14.0. The van der Waals surface area contributed by atoms with E-state index in [-0.39, 0.29) is 6.04 Å². The Bertz CT molecular complexity index is 331. The number of thiophene rings is 1. The van der Waals surface area contributed by atoms with Crippen molar-refractivity contribution in [3.63, 3.8) is 0 Å². The molecule has 2 rings (SSSR count). The summed E-state index contributed by atoms with van der Waals surface area (Å²) < 4.78 is 5.29. The summed E-state index contributed by atoms with van der Waals surface area (Å²) in [6.07, 6.45) is 0. The summed E-state index contributed by atoms with van der Waals surface area (Å²) >= 11 is 1.26. The SMILES string of the molecule is O=C(O)c1sccc1[C@H]1COCCN1. The maximum atomic E-state index is 10.9. The third-order valence-corrected chi connectivity index (χ3v) is 3.11. The maximum absolute atomic E-state index is 10.9. The van der Waals surface area contributed by atoms with E-state index >= 15 is 0 Å². The highest BCUT2D eigenvalue weighted by Crippen LogP contribution is 2.24. The van der Waals surface area contributed by atoms with Crippen molar-refractivity contribution >= 4 is 17.3 Å². The maximum Gasteiger partial charge on any atom is 0.346 e. The summed E-state index contributed by atoms with van der Waals surface area (Å²) in [5.74, 6) is -0.859. The molecule has 0 unspecified atom stereocenters. The lowest BCUT2D eigenvalue weighted by molar-refractivity contribution is 0.0680. The number of hydrogen-bond acceptors (Lipinski definition) is 4. The first-order valence-electron chi connectivity index (χ1n) is 4.41. The first-order chi connectivity index (χ1) is 6.79. The molecule has 0 spiro atoms. The predicted molar refractivity (Wildman–Crippen MR) is 52.8 cm³/mol. The van der Waals surface area contributed by atoms with Crippen molar-refractivity contribution in [3.05, 3.63) is 21.9 Å². The first-order valence-corrected chi connectivity index (χ1v) is 5.29. The Kier molecular flexibility index (Phi) is 2.81. The van der Waals surface area contributed by atoms with Gasteiger partial charge in [-0.25, -0.2) is 4.79 Å². The van der Waals surface area contributed by atoms with Gasteiger partial charge >= 0.3 is 5.97 Å². The summed E-state index contributed by atoms with van der Waals surface area (Å²) in [4.78, 5) is 11.3. The number of aromatic carboxylic acids is 1. The normalized spacial score (nSPS) is 22.1. The van der Waals surface area contributed by atoms with Gasteiger partial charge in [0.1, 0.15) is 4.88 Å². The van der Waals surface area contributed by atoms with Crippen molar-refractivity contribution < 1.29 is 14.6 Å². The molecule has 1 aromatic rings. The van der Waals surface area contributed by atoms with Crippen LogP contribution in [0.3, 0.4) is 0 Å². The quantitative estimate of drug-likeness (QED) is 0.772. The van der Waals surface area contributed by atoms with Gasteiger partial charge in [0.2, 0.25) is 0 Å². The largest absolute Gasteiger partial charge is 0.477 e. The van der Waals surface area contributed by atoms with E-state index in [0.29, 0.717) is 18.1 Å². The van der Waals surface area contributed by atoms with E-state index in [2.05, 4.69) is 5.32 Å². The van der Waals surface area contributed by atoms with Gasteiger partial charge in [-0.1, -0.05) is 0 Å². The fourth-order valence-corrected chi connectivity index (χ4v) is 2.33. The second kappa shape index (κ2) is 4.08. The fraction of sp³-hybridized carbons (Fsp3) is 0.444. The number of rotatable bonds is 2. The van der Waals surface area contributed by atoms with Crippen molar-refractivity contribution in [3.8, 4) is 0 Å². The standard InChI is InChI=1S/C9H11NO3S/c11-9(12)8-6(1-4-14-8)7-5-13-3-2-10-7/h1,4,7,10H,2-3,5H2,(H,11,12)/t7-/m1/s1. The summed E-state index contributed by atoms with van der Waals surface area (Å²) in [5.41, 5.74) is 0.835. The van der Waals surface area contributed by atoms with Gasteiger partial charge in [-0.15, -0.1) is 11.3 Å². The van der Waals surface area contributed by atoms with Crippen molar-refractivity contribution in [1.82, 2.24) is 5.32 Å². The molecule has 1 aromatic heterocycles. The molecule has 2 N–H and O–H groups in total. The van der Waals surface area contributed by atoms with Crippen LogP contribution >= 0.6 is 11.3 Å². The zero-order valence-corrected chi connectivity index (χ0v) is 8.34. The smallest absolute Gasteiger partial charge is 0.346 e. The van der Waals surface area contributed by atoms with Crippen molar-refractivity contribution in [1.29, 1.82) is 0 Å². The van der Waals surface area contributed by atoms with Gasteiger partial charge in [0.05, 0.1) is 19.3 Å². The number of carbonyl (C=O) groups is 1. The number of morpholine rings is 1. The molecule has 0 amide bonds. The number of carboxylic acid groups (broad SMARTS) is 1. The molecule has 14 heavy (non-hydrogen) atoms. The highest BCUT2D eigenvalue weighted by molar-refractivity contribution is 7.12. The Balaban J connectivity index is 2.21. The molecule has 0 aromatic carbocycles. The molecule has 0 aliphatic carbocycles. The molecule has 2 heterocycles. The topological polar surface area (TPSA) is 58.6 Å². The molecule has 4 nitrogen and oxygen atoms in total. The second-order valence-corrected chi connectivity index (χ2v) is 4.01. The lowest BCUT2D eigenvalue weighted by Crippen LogP contribution is -2.35. The average molecular weight is 213 g/mol. The molecule has 1 fully saturated rings. The van der Waals surface area contributed by atoms with Crippen LogP contribution in [0.4, 0.5) is 0 Å². The van der Waals surface area contributed by atoms with Crippen molar-refractivity contribution in [2.75, 3.05) is 19.8 Å². The lowest BCUT2D eigenvalue weighted by Gasteiger charge is -2.23. The molecule has 1 atom stereocenters. The van der Waals surface area contributed by atoms with Gasteiger partial charge in [-0.2, -0.15) is 0 Å². The minimum Gasteiger partial charge on any atom is -0.477 e. The monoisotopic (exact) mass is 213 g/mol. The Morgan fingerprint density at radius 3 is 3.21 bits per heavy atom. The minimum atomic E-state index is -0.859. The van der Waals surface area contributed by atoms with Gasteiger partial charge < -0.3 is 15.2 Å². The molecule has 0 saturated carbocycles. The molecular weight excluding hydrogens is 202 g/mol. The molecule has 5 heteroatoms. The number of carboxylic acids is 1. The summed E-state index contributed by atoms with van der Waals surface area (Å²) in [6, 6.07) is 1.88. The first kappa shape index (κ1) is 9.64. The molecule has 1 aliphatic rings. The Morgan fingerprint density at radius 2 is 2.57 bits per heavy atom. The van der Waals surface area contributed by atoms with Crippen LogP contribution in [0, 0.1) is 0 Å². The fourth-order valence-electron chi connectivity index (χ4n) is 1.53. The van der Waals surface area contributed by atoms with Gasteiger partial charge in [0.25, 0.3) is 0 Å². The highest BCUT2D eigenvalue weighted by Gasteiger charge is 2.22. The molecule has 0 radical (unpaired) electrons. The number of hydrogen-bond donors (Lipinski definition) is 2. The van der Waals surface area contributed by atoms with Crippen LogP contribution in [-0.2, 0) is 4.74 Å². The van der Waals surface area contributed by atoms with Crippen LogP contribution in [0.2, 0.25) is 0 Å². The molecular formula is C9H11NO3S. The summed E-state index contributed by atoms with van der Waals surface area (Å²) in [7, 11) is 0.